The van der Waals surface area contributed by atoms with Crippen LogP contribution in [0.2, 0.25) is 0 Å². The van der Waals surface area contributed by atoms with Crippen LogP contribution in [-0.4, -0.2) is 17.7 Å². The SMILES string of the molecule is CC(=O)NC1CCC2C3CCC4=CC(=O)CC[C@]4(C)C3CC[C@]12C. The Morgan fingerprint density at radius 2 is 1.88 bits per heavy atom. The van der Waals surface area contributed by atoms with Crippen molar-refractivity contribution in [3.05, 3.63) is 11.6 Å². The van der Waals surface area contributed by atoms with E-state index in [-0.39, 0.29) is 16.7 Å². The molecule has 0 aromatic heterocycles. The molecule has 3 nitrogen and oxygen atoms in total. The molecule has 0 aliphatic heterocycles. The summed E-state index contributed by atoms with van der Waals surface area (Å²) in [7, 11) is 0. The predicted molar refractivity (Wildman–Crippen MR) is 94.3 cm³/mol. The first-order chi connectivity index (χ1) is 11.3. The Kier molecular flexibility index (Phi) is 3.71. The summed E-state index contributed by atoms with van der Waals surface area (Å²) in [6.07, 6.45) is 11.0. The Morgan fingerprint density at radius 3 is 2.62 bits per heavy atom. The topological polar surface area (TPSA) is 46.2 Å². The van der Waals surface area contributed by atoms with Crippen LogP contribution in [0.15, 0.2) is 11.6 Å². The molecule has 4 aliphatic rings. The van der Waals surface area contributed by atoms with Crippen LogP contribution in [-0.2, 0) is 9.59 Å². The average molecular weight is 329 g/mol. The minimum atomic E-state index is 0.121. The van der Waals surface area contributed by atoms with Gasteiger partial charge < -0.3 is 5.32 Å². The fourth-order valence-corrected chi connectivity index (χ4v) is 7.04. The van der Waals surface area contributed by atoms with Gasteiger partial charge in [0.15, 0.2) is 5.78 Å². The van der Waals surface area contributed by atoms with Crippen molar-refractivity contribution in [2.45, 2.75) is 78.2 Å². The first kappa shape index (κ1) is 16.4. The summed E-state index contributed by atoms with van der Waals surface area (Å²) in [5.41, 5.74) is 1.97. The molecule has 3 saturated carbocycles. The zero-order chi connectivity index (χ0) is 17.1. The van der Waals surface area contributed by atoms with E-state index in [1.54, 1.807) is 6.92 Å². The second-order valence-electron chi connectivity index (χ2n) is 9.34. The fraction of sp³-hybridized carbons (Fsp3) is 0.810. The van der Waals surface area contributed by atoms with Crippen LogP contribution in [0.4, 0.5) is 0 Å². The molecule has 3 heteroatoms. The lowest BCUT2D eigenvalue weighted by atomic mass is 9.47. The van der Waals surface area contributed by atoms with Gasteiger partial charge in [-0.25, -0.2) is 0 Å². The zero-order valence-electron chi connectivity index (χ0n) is 15.4. The molecule has 0 heterocycles. The lowest BCUT2D eigenvalue weighted by molar-refractivity contribution is -0.121. The molecule has 0 radical (unpaired) electrons. The molecule has 132 valence electrons. The number of fused-ring (bicyclic) bond motifs is 5. The Bertz CT molecular complexity index is 609. The zero-order valence-corrected chi connectivity index (χ0v) is 15.4. The number of hydrogen-bond acceptors (Lipinski definition) is 2. The largest absolute Gasteiger partial charge is 0.353 e. The molecule has 1 N–H and O–H groups in total. The average Bonchev–Trinajstić information content (AvgIpc) is 2.84. The molecule has 0 spiro atoms. The molecule has 4 aliphatic carbocycles. The van der Waals surface area contributed by atoms with Gasteiger partial charge in [0.2, 0.25) is 5.91 Å². The summed E-state index contributed by atoms with van der Waals surface area (Å²) in [6, 6.07) is 0.360. The first-order valence-electron chi connectivity index (χ1n) is 9.85. The number of hydrogen-bond donors (Lipinski definition) is 1. The molecule has 6 atom stereocenters. The number of carbonyl (C=O) groups excluding carboxylic acids is 2. The van der Waals surface area contributed by atoms with Gasteiger partial charge in [0.05, 0.1) is 0 Å². The molecule has 0 aromatic carbocycles. The van der Waals surface area contributed by atoms with Crippen LogP contribution in [0.5, 0.6) is 0 Å². The summed E-state index contributed by atoms with van der Waals surface area (Å²) in [5.74, 6) is 2.71. The lowest BCUT2D eigenvalue weighted by Gasteiger charge is -2.58. The van der Waals surface area contributed by atoms with Crippen molar-refractivity contribution in [2.24, 2.45) is 28.6 Å². The molecular weight excluding hydrogens is 298 g/mol. The van der Waals surface area contributed by atoms with Crippen molar-refractivity contribution in [1.82, 2.24) is 5.32 Å². The van der Waals surface area contributed by atoms with Crippen molar-refractivity contribution in [1.29, 1.82) is 0 Å². The highest BCUT2D eigenvalue weighted by Gasteiger charge is 2.59. The van der Waals surface area contributed by atoms with E-state index in [1.807, 2.05) is 6.08 Å². The van der Waals surface area contributed by atoms with Crippen LogP contribution in [0.25, 0.3) is 0 Å². The lowest BCUT2D eigenvalue weighted by Crippen LogP contribution is -2.53. The van der Waals surface area contributed by atoms with E-state index < -0.39 is 0 Å². The molecule has 1 amide bonds. The maximum absolute atomic E-state index is 11.9. The third kappa shape index (κ3) is 2.23. The third-order valence-corrected chi connectivity index (χ3v) is 8.34. The molecule has 4 unspecified atom stereocenters. The van der Waals surface area contributed by atoms with Crippen LogP contribution >= 0.6 is 0 Å². The van der Waals surface area contributed by atoms with Crippen molar-refractivity contribution in [3.8, 4) is 0 Å². The van der Waals surface area contributed by atoms with E-state index in [0.29, 0.717) is 11.8 Å². The second-order valence-corrected chi connectivity index (χ2v) is 9.34. The summed E-state index contributed by atoms with van der Waals surface area (Å²) in [4.78, 5) is 23.5. The van der Waals surface area contributed by atoms with Gasteiger partial charge in [-0.3, -0.25) is 9.59 Å². The Labute approximate surface area is 145 Å². The summed E-state index contributed by atoms with van der Waals surface area (Å²) >= 11 is 0. The maximum atomic E-state index is 11.9. The molecular formula is C21H31NO2. The van der Waals surface area contributed by atoms with Crippen LogP contribution < -0.4 is 5.32 Å². The fourth-order valence-electron chi connectivity index (χ4n) is 7.04. The third-order valence-electron chi connectivity index (χ3n) is 8.34. The summed E-state index contributed by atoms with van der Waals surface area (Å²) in [5, 5.41) is 3.25. The quantitative estimate of drug-likeness (QED) is 0.789. The number of allylic oxidation sites excluding steroid dienone is 1. The van der Waals surface area contributed by atoms with Gasteiger partial charge in [-0.05, 0) is 79.6 Å². The van der Waals surface area contributed by atoms with Crippen LogP contribution in [0.1, 0.15) is 72.1 Å². The molecule has 0 saturated heterocycles. The smallest absolute Gasteiger partial charge is 0.217 e. The van der Waals surface area contributed by atoms with Crippen molar-refractivity contribution in [3.63, 3.8) is 0 Å². The highest BCUT2D eigenvalue weighted by molar-refractivity contribution is 5.91. The number of rotatable bonds is 1. The highest BCUT2D eigenvalue weighted by Crippen LogP contribution is 2.65. The van der Waals surface area contributed by atoms with Gasteiger partial charge >= 0.3 is 0 Å². The Hall–Kier alpha value is -1.12. The first-order valence-corrected chi connectivity index (χ1v) is 9.85. The molecule has 4 rings (SSSR count). The van der Waals surface area contributed by atoms with Gasteiger partial charge in [-0.2, -0.15) is 0 Å². The number of ketones is 1. The van der Waals surface area contributed by atoms with E-state index in [2.05, 4.69) is 19.2 Å². The summed E-state index contributed by atoms with van der Waals surface area (Å²) in [6.45, 7) is 6.52. The van der Waals surface area contributed by atoms with E-state index in [4.69, 9.17) is 0 Å². The van der Waals surface area contributed by atoms with E-state index >= 15 is 0 Å². The molecule has 3 fully saturated rings. The van der Waals surface area contributed by atoms with E-state index in [9.17, 15) is 9.59 Å². The van der Waals surface area contributed by atoms with Crippen LogP contribution in [0.3, 0.4) is 0 Å². The Balaban J connectivity index is 1.62. The molecule has 24 heavy (non-hydrogen) atoms. The normalized spacial score (nSPS) is 47.3. The van der Waals surface area contributed by atoms with Gasteiger partial charge in [0.1, 0.15) is 0 Å². The number of carbonyl (C=O) groups is 2. The van der Waals surface area contributed by atoms with Crippen molar-refractivity contribution in [2.75, 3.05) is 0 Å². The van der Waals surface area contributed by atoms with Gasteiger partial charge in [-0.1, -0.05) is 19.4 Å². The van der Waals surface area contributed by atoms with E-state index in [0.717, 1.165) is 43.4 Å². The minimum Gasteiger partial charge on any atom is -0.353 e. The molecule has 0 aromatic rings. The Morgan fingerprint density at radius 1 is 1.08 bits per heavy atom. The highest BCUT2D eigenvalue weighted by atomic mass is 16.1. The molecule has 0 bridgehead atoms. The van der Waals surface area contributed by atoms with Gasteiger partial charge in [-0.15, -0.1) is 0 Å². The van der Waals surface area contributed by atoms with Gasteiger partial charge in [0, 0.05) is 19.4 Å². The predicted octanol–water partition coefficient (Wildman–Crippen LogP) is 4.02. The standard InChI is InChI=1S/C21H31NO2/c1-13(23)22-19-7-6-17-16-5-4-14-12-15(24)8-10-20(14,2)18(16)9-11-21(17,19)3/h12,16-19H,4-11H2,1-3H3,(H,22,23)/t16?,17?,18?,19?,20-,21-/m0/s1. The van der Waals surface area contributed by atoms with Crippen LogP contribution in [0, 0.1) is 28.6 Å². The van der Waals surface area contributed by atoms with Crippen molar-refractivity contribution < 1.29 is 9.59 Å². The summed E-state index contributed by atoms with van der Waals surface area (Å²) < 4.78 is 0. The number of amides is 1. The monoisotopic (exact) mass is 329 g/mol. The number of nitrogens with one attached hydrogen (secondary N) is 1. The minimum absolute atomic E-state index is 0.121. The van der Waals surface area contributed by atoms with E-state index in [1.165, 1.54) is 31.3 Å². The van der Waals surface area contributed by atoms with Crippen molar-refractivity contribution >= 4 is 11.7 Å². The second kappa shape index (κ2) is 5.44. The van der Waals surface area contributed by atoms with Gasteiger partial charge in [0.25, 0.3) is 0 Å². The maximum Gasteiger partial charge on any atom is 0.217 e.